The Kier molecular flexibility index (Phi) is 7.03. The minimum atomic E-state index is -0.0428. The SMILES string of the molecule is CC(C)N(CC[C@@H](c1ccccc1)c1cc(CO)ccc1[O-])C(C)C. The molecule has 0 amide bonds. The fourth-order valence-corrected chi connectivity index (χ4v) is 3.55. The second-order valence-corrected chi connectivity index (χ2v) is 7.21. The summed E-state index contributed by atoms with van der Waals surface area (Å²) in [6.45, 7) is 9.73. The van der Waals surface area contributed by atoms with Gasteiger partial charge in [-0.3, -0.25) is 4.90 Å². The third-order valence-electron chi connectivity index (χ3n) is 4.84. The van der Waals surface area contributed by atoms with Gasteiger partial charge in [-0.2, -0.15) is 0 Å². The highest BCUT2D eigenvalue weighted by molar-refractivity contribution is 5.43. The number of benzene rings is 2. The molecular formula is C22H30NO2-. The third-order valence-corrected chi connectivity index (χ3v) is 4.84. The standard InChI is InChI=1S/C22H31NO2/c1-16(2)23(17(3)4)13-12-20(19-8-6-5-7-9-19)21-14-18(15-24)10-11-22(21)25/h5-11,14,16-17,20,24-25H,12-13,15H2,1-4H3/p-1/t20-/m0/s1. The summed E-state index contributed by atoms with van der Waals surface area (Å²) >= 11 is 0. The maximum Gasteiger partial charge on any atom is 0.0681 e. The third kappa shape index (κ3) is 5.07. The van der Waals surface area contributed by atoms with Gasteiger partial charge in [0.2, 0.25) is 0 Å². The van der Waals surface area contributed by atoms with Crippen molar-refractivity contribution in [3.05, 3.63) is 65.2 Å². The van der Waals surface area contributed by atoms with Gasteiger partial charge in [-0.15, -0.1) is 5.75 Å². The lowest BCUT2D eigenvalue weighted by Gasteiger charge is -2.33. The van der Waals surface area contributed by atoms with Crippen LogP contribution >= 0.6 is 0 Å². The highest BCUT2D eigenvalue weighted by atomic mass is 16.3. The monoisotopic (exact) mass is 340 g/mol. The molecular weight excluding hydrogens is 310 g/mol. The normalized spacial score (nSPS) is 13.0. The van der Waals surface area contributed by atoms with Crippen molar-refractivity contribution >= 4 is 0 Å². The van der Waals surface area contributed by atoms with Crippen LogP contribution in [0.5, 0.6) is 5.75 Å². The molecule has 2 aromatic rings. The molecule has 0 saturated heterocycles. The van der Waals surface area contributed by atoms with Crippen molar-refractivity contribution in [3.63, 3.8) is 0 Å². The molecule has 1 N–H and O–H groups in total. The van der Waals surface area contributed by atoms with Gasteiger partial charge in [-0.25, -0.2) is 0 Å². The van der Waals surface area contributed by atoms with Crippen molar-refractivity contribution in [2.45, 2.75) is 58.7 Å². The van der Waals surface area contributed by atoms with Crippen LogP contribution in [0.3, 0.4) is 0 Å². The number of nitrogens with zero attached hydrogens (tertiary/aromatic N) is 1. The number of hydrogen-bond donors (Lipinski definition) is 1. The van der Waals surface area contributed by atoms with E-state index >= 15 is 0 Å². The quantitative estimate of drug-likeness (QED) is 0.793. The summed E-state index contributed by atoms with van der Waals surface area (Å²) < 4.78 is 0. The molecule has 0 aliphatic heterocycles. The Labute approximate surface area is 151 Å². The van der Waals surface area contributed by atoms with Crippen LogP contribution in [-0.4, -0.2) is 28.6 Å². The van der Waals surface area contributed by atoms with Crippen molar-refractivity contribution in [3.8, 4) is 5.75 Å². The smallest absolute Gasteiger partial charge is 0.0681 e. The van der Waals surface area contributed by atoms with Gasteiger partial charge in [-0.1, -0.05) is 48.5 Å². The fourth-order valence-electron chi connectivity index (χ4n) is 3.55. The topological polar surface area (TPSA) is 46.5 Å². The van der Waals surface area contributed by atoms with Crippen LogP contribution in [0.25, 0.3) is 0 Å². The molecule has 0 aliphatic carbocycles. The molecule has 0 bridgehead atoms. The van der Waals surface area contributed by atoms with Gasteiger partial charge in [-0.05, 0) is 57.4 Å². The van der Waals surface area contributed by atoms with Gasteiger partial charge in [0.25, 0.3) is 0 Å². The van der Waals surface area contributed by atoms with Crippen molar-refractivity contribution in [1.82, 2.24) is 4.90 Å². The second-order valence-electron chi connectivity index (χ2n) is 7.21. The van der Waals surface area contributed by atoms with Crippen LogP contribution in [0.15, 0.2) is 48.5 Å². The van der Waals surface area contributed by atoms with Gasteiger partial charge in [0.05, 0.1) is 6.61 Å². The molecule has 2 aromatic carbocycles. The molecule has 0 radical (unpaired) electrons. The Morgan fingerprint density at radius 2 is 1.60 bits per heavy atom. The van der Waals surface area contributed by atoms with E-state index in [9.17, 15) is 10.2 Å². The second kappa shape index (κ2) is 9.02. The van der Waals surface area contributed by atoms with Crippen LogP contribution in [0.2, 0.25) is 0 Å². The number of aliphatic hydroxyl groups is 1. The average molecular weight is 340 g/mol. The molecule has 25 heavy (non-hydrogen) atoms. The van der Waals surface area contributed by atoms with Crippen LogP contribution in [0.4, 0.5) is 0 Å². The first-order valence-electron chi connectivity index (χ1n) is 9.15. The molecule has 2 rings (SSSR count). The zero-order valence-electron chi connectivity index (χ0n) is 15.8. The lowest BCUT2D eigenvalue weighted by molar-refractivity contribution is -0.269. The average Bonchev–Trinajstić information content (AvgIpc) is 2.59. The lowest BCUT2D eigenvalue weighted by Crippen LogP contribution is -2.38. The maximum absolute atomic E-state index is 12.5. The van der Waals surface area contributed by atoms with Crippen LogP contribution in [0, 0.1) is 0 Å². The summed E-state index contributed by atoms with van der Waals surface area (Å²) in [6.07, 6.45) is 0.879. The first-order valence-corrected chi connectivity index (χ1v) is 9.15. The molecule has 0 heterocycles. The molecule has 1 atom stereocenters. The molecule has 0 aliphatic rings. The van der Waals surface area contributed by atoms with E-state index in [1.165, 1.54) is 0 Å². The summed E-state index contributed by atoms with van der Waals surface area (Å²) in [5, 5.41) is 22.0. The summed E-state index contributed by atoms with van der Waals surface area (Å²) in [4.78, 5) is 2.45. The molecule has 3 heteroatoms. The van der Waals surface area contributed by atoms with Crippen molar-refractivity contribution in [2.24, 2.45) is 0 Å². The molecule has 0 fully saturated rings. The zero-order valence-corrected chi connectivity index (χ0v) is 15.8. The Morgan fingerprint density at radius 3 is 2.16 bits per heavy atom. The minimum Gasteiger partial charge on any atom is -0.872 e. The Hall–Kier alpha value is -1.84. The number of aliphatic hydroxyl groups excluding tert-OH is 1. The van der Waals surface area contributed by atoms with Crippen molar-refractivity contribution in [2.75, 3.05) is 6.54 Å². The molecule has 0 aromatic heterocycles. The van der Waals surface area contributed by atoms with Gasteiger partial charge in [0.15, 0.2) is 0 Å². The summed E-state index contributed by atoms with van der Waals surface area (Å²) in [6, 6.07) is 16.3. The minimum absolute atomic E-state index is 0.0419. The fraction of sp³-hybridized carbons (Fsp3) is 0.455. The molecule has 136 valence electrons. The number of rotatable bonds is 8. The first-order chi connectivity index (χ1) is 11.9. The van der Waals surface area contributed by atoms with E-state index in [0.717, 1.165) is 29.7 Å². The van der Waals surface area contributed by atoms with E-state index in [0.29, 0.717) is 12.1 Å². The van der Waals surface area contributed by atoms with Crippen molar-refractivity contribution in [1.29, 1.82) is 0 Å². The van der Waals surface area contributed by atoms with Gasteiger partial charge in [0.1, 0.15) is 0 Å². The van der Waals surface area contributed by atoms with E-state index in [4.69, 9.17) is 0 Å². The molecule has 0 unspecified atom stereocenters. The molecule has 0 saturated carbocycles. The zero-order chi connectivity index (χ0) is 18.4. The van der Waals surface area contributed by atoms with E-state index in [2.05, 4.69) is 44.7 Å². The summed E-state index contributed by atoms with van der Waals surface area (Å²) in [5.74, 6) is 0.0897. The summed E-state index contributed by atoms with van der Waals surface area (Å²) in [5.41, 5.74) is 2.73. The van der Waals surface area contributed by atoms with Crippen LogP contribution < -0.4 is 5.11 Å². The Balaban J connectivity index is 2.35. The summed E-state index contributed by atoms with van der Waals surface area (Å²) in [7, 11) is 0. The Bertz CT molecular complexity index is 644. The van der Waals surface area contributed by atoms with Crippen molar-refractivity contribution < 1.29 is 10.2 Å². The predicted molar refractivity (Wildman–Crippen MR) is 102 cm³/mol. The highest BCUT2D eigenvalue weighted by Gasteiger charge is 2.19. The highest BCUT2D eigenvalue weighted by Crippen LogP contribution is 2.34. The van der Waals surface area contributed by atoms with E-state index in [1.54, 1.807) is 12.1 Å². The first kappa shape index (κ1) is 19.5. The van der Waals surface area contributed by atoms with E-state index in [1.807, 2.05) is 24.3 Å². The lowest BCUT2D eigenvalue weighted by atomic mass is 9.86. The predicted octanol–water partition coefficient (Wildman–Crippen LogP) is 3.89. The van der Waals surface area contributed by atoms with Gasteiger partial charge in [0, 0.05) is 18.0 Å². The van der Waals surface area contributed by atoms with Gasteiger partial charge >= 0.3 is 0 Å². The number of hydrogen-bond acceptors (Lipinski definition) is 3. The molecule has 0 spiro atoms. The molecule has 3 nitrogen and oxygen atoms in total. The van der Waals surface area contributed by atoms with Crippen LogP contribution in [0.1, 0.15) is 56.7 Å². The maximum atomic E-state index is 12.5. The Morgan fingerprint density at radius 1 is 0.960 bits per heavy atom. The largest absolute Gasteiger partial charge is 0.872 e. The van der Waals surface area contributed by atoms with E-state index < -0.39 is 0 Å². The van der Waals surface area contributed by atoms with Crippen LogP contribution in [-0.2, 0) is 6.61 Å². The van der Waals surface area contributed by atoms with E-state index in [-0.39, 0.29) is 18.3 Å². The van der Waals surface area contributed by atoms with Gasteiger partial charge < -0.3 is 10.2 Å².